The van der Waals surface area contributed by atoms with Crippen LogP contribution in [0.5, 0.6) is 5.75 Å². The maximum absolute atomic E-state index is 13.8. The summed E-state index contributed by atoms with van der Waals surface area (Å²) in [4.78, 5) is 35.0. The molecule has 1 aliphatic rings. The summed E-state index contributed by atoms with van der Waals surface area (Å²) in [5, 5.41) is 10.7. The Labute approximate surface area is 179 Å². The van der Waals surface area contributed by atoms with E-state index in [1.54, 1.807) is 0 Å². The molecule has 1 saturated carbocycles. The number of carboxylic acid groups (broad SMARTS) is 1. The summed E-state index contributed by atoms with van der Waals surface area (Å²) in [6.07, 6.45) is 1.05. The van der Waals surface area contributed by atoms with E-state index in [0.717, 1.165) is 25.7 Å². The normalized spacial score (nSPS) is 16.1. The van der Waals surface area contributed by atoms with Crippen LogP contribution in [-0.2, 0) is 14.3 Å². The number of carbonyl (C=O) groups excluding carboxylic acids is 3. The largest absolute Gasteiger partial charge is 0.544 e. The van der Waals surface area contributed by atoms with Crippen LogP contribution >= 0.6 is 0 Å². The molecule has 1 fully saturated rings. The Morgan fingerprint density at radius 3 is 2.10 bits per heavy atom. The SMILES string of the molecule is CC(C)C(OC(=O)c1ccc(OC(=O)OC(C)(C)C2CCCC2)cc1)C(F)(F)C(=O)[O-]. The molecule has 7 nitrogen and oxygen atoms in total. The fourth-order valence-electron chi connectivity index (χ4n) is 3.62. The van der Waals surface area contributed by atoms with Crippen molar-refractivity contribution < 1.29 is 42.5 Å². The Morgan fingerprint density at radius 1 is 1.06 bits per heavy atom. The number of esters is 1. The van der Waals surface area contributed by atoms with Crippen LogP contribution in [0.25, 0.3) is 0 Å². The van der Waals surface area contributed by atoms with Gasteiger partial charge in [0.25, 0.3) is 0 Å². The standard InChI is InChI=1S/C22H28F2O7/c1-13(2)17(22(23,24)19(26)27)30-18(25)14-9-11-16(12-10-14)29-20(28)31-21(3,4)15-7-5-6-8-15/h9-13,15,17H,5-8H2,1-4H3,(H,26,27)/p-1. The smallest absolute Gasteiger partial charge is 0.514 e. The number of halogens is 2. The molecule has 0 radical (unpaired) electrons. The number of carboxylic acids is 1. The van der Waals surface area contributed by atoms with Crippen LogP contribution in [0.15, 0.2) is 24.3 Å². The van der Waals surface area contributed by atoms with Crippen molar-refractivity contribution in [1.82, 2.24) is 0 Å². The third-order valence-electron chi connectivity index (χ3n) is 5.44. The molecule has 0 heterocycles. The summed E-state index contributed by atoms with van der Waals surface area (Å²) >= 11 is 0. The summed E-state index contributed by atoms with van der Waals surface area (Å²) in [7, 11) is 0. The minimum atomic E-state index is -4.34. The Hall–Kier alpha value is -2.71. The average molecular weight is 441 g/mol. The van der Waals surface area contributed by atoms with E-state index in [2.05, 4.69) is 0 Å². The predicted molar refractivity (Wildman–Crippen MR) is 104 cm³/mol. The average Bonchev–Trinajstić information content (AvgIpc) is 3.21. The van der Waals surface area contributed by atoms with Gasteiger partial charge in [0.2, 0.25) is 0 Å². The summed E-state index contributed by atoms with van der Waals surface area (Å²) in [6, 6.07) is 4.98. The number of aliphatic carboxylic acids is 1. The molecule has 0 amide bonds. The van der Waals surface area contributed by atoms with Crippen molar-refractivity contribution in [3.05, 3.63) is 29.8 Å². The van der Waals surface area contributed by atoms with Crippen molar-refractivity contribution in [1.29, 1.82) is 0 Å². The fourth-order valence-corrected chi connectivity index (χ4v) is 3.62. The lowest BCUT2D eigenvalue weighted by Crippen LogP contribution is -2.53. The molecule has 0 spiro atoms. The maximum atomic E-state index is 13.8. The molecule has 172 valence electrons. The van der Waals surface area contributed by atoms with E-state index in [1.165, 1.54) is 38.1 Å². The van der Waals surface area contributed by atoms with Crippen molar-refractivity contribution in [2.75, 3.05) is 0 Å². The lowest BCUT2D eigenvalue weighted by Gasteiger charge is -2.30. The topological polar surface area (TPSA) is 102 Å². The van der Waals surface area contributed by atoms with Gasteiger partial charge >= 0.3 is 18.0 Å². The molecule has 2 rings (SSSR count). The minimum Gasteiger partial charge on any atom is -0.544 e. The summed E-state index contributed by atoms with van der Waals surface area (Å²) in [5.41, 5.74) is -0.792. The van der Waals surface area contributed by atoms with E-state index in [-0.39, 0.29) is 17.2 Å². The second kappa shape index (κ2) is 9.62. The van der Waals surface area contributed by atoms with Gasteiger partial charge in [-0.05, 0) is 62.8 Å². The van der Waals surface area contributed by atoms with Gasteiger partial charge in [0.05, 0.1) is 5.56 Å². The van der Waals surface area contributed by atoms with E-state index >= 15 is 0 Å². The van der Waals surface area contributed by atoms with Gasteiger partial charge in [-0.3, -0.25) is 0 Å². The highest BCUT2D eigenvalue weighted by atomic mass is 19.3. The fraction of sp³-hybridized carbons (Fsp3) is 0.591. The second-order valence-corrected chi connectivity index (χ2v) is 8.54. The van der Waals surface area contributed by atoms with E-state index in [1.807, 2.05) is 13.8 Å². The first-order valence-corrected chi connectivity index (χ1v) is 10.2. The van der Waals surface area contributed by atoms with Crippen molar-refractivity contribution in [2.24, 2.45) is 11.8 Å². The molecule has 0 saturated heterocycles. The summed E-state index contributed by atoms with van der Waals surface area (Å²) in [5.74, 6) is -8.74. The molecule has 0 aromatic heterocycles. The van der Waals surface area contributed by atoms with Crippen LogP contribution in [0.2, 0.25) is 0 Å². The molecule has 0 N–H and O–H groups in total. The molecule has 0 aliphatic heterocycles. The second-order valence-electron chi connectivity index (χ2n) is 8.54. The monoisotopic (exact) mass is 441 g/mol. The number of benzene rings is 1. The van der Waals surface area contributed by atoms with Gasteiger partial charge in [-0.1, -0.05) is 26.7 Å². The molecule has 1 aliphatic carbocycles. The van der Waals surface area contributed by atoms with E-state index in [0.29, 0.717) is 0 Å². The van der Waals surface area contributed by atoms with Gasteiger partial charge in [-0.25, -0.2) is 9.59 Å². The van der Waals surface area contributed by atoms with Crippen molar-refractivity contribution in [3.63, 3.8) is 0 Å². The Balaban J connectivity index is 1.99. The van der Waals surface area contributed by atoms with Gasteiger partial charge in [0.15, 0.2) is 6.10 Å². The third-order valence-corrected chi connectivity index (χ3v) is 5.44. The number of rotatable bonds is 8. The van der Waals surface area contributed by atoms with Gasteiger partial charge in [0.1, 0.15) is 17.3 Å². The highest BCUT2D eigenvalue weighted by molar-refractivity contribution is 5.90. The van der Waals surface area contributed by atoms with Crippen LogP contribution in [0.3, 0.4) is 0 Å². The molecule has 1 unspecified atom stereocenters. The zero-order valence-corrected chi connectivity index (χ0v) is 18.0. The Morgan fingerprint density at radius 2 is 1.61 bits per heavy atom. The van der Waals surface area contributed by atoms with Gasteiger partial charge in [-0.2, -0.15) is 8.78 Å². The van der Waals surface area contributed by atoms with Crippen molar-refractivity contribution in [2.45, 2.75) is 71.0 Å². The van der Waals surface area contributed by atoms with E-state index in [9.17, 15) is 28.3 Å². The van der Waals surface area contributed by atoms with Crippen LogP contribution in [0.1, 0.15) is 63.7 Å². The first-order valence-electron chi connectivity index (χ1n) is 10.2. The molecular weight excluding hydrogens is 414 g/mol. The third kappa shape index (κ3) is 6.15. The number of hydrogen-bond donors (Lipinski definition) is 0. The van der Waals surface area contributed by atoms with E-state index in [4.69, 9.17) is 14.2 Å². The van der Waals surface area contributed by atoms with Crippen molar-refractivity contribution in [3.8, 4) is 5.75 Å². The lowest BCUT2D eigenvalue weighted by molar-refractivity contribution is -0.337. The molecular formula is C22H27F2O7-. The Bertz CT molecular complexity index is 797. The minimum absolute atomic E-state index is 0.0873. The molecule has 0 bridgehead atoms. The number of carbonyl (C=O) groups is 3. The van der Waals surface area contributed by atoms with Crippen LogP contribution in [-0.4, -0.2) is 35.7 Å². The zero-order valence-electron chi connectivity index (χ0n) is 18.0. The van der Waals surface area contributed by atoms with Crippen LogP contribution in [0, 0.1) is 11.8 Å². The van der Waals surface area contributed by atoms with Gasteiger partial charge < -0.3 is 24.1 Å². The summed E-state index contributed by atoms with van der Waals surface area (Å²) in [6.45, 7) is 6.25. The highest BCUT2D eigenvalue weighted by Crippen LogP contribution is 2.36. The van der Waals surface area contributed by atoms with E-state index < -0.39 is 41.6 Å². The van der Waals surface area contributed by atoms with Crippen LogP contribution < -0.4 is 9.84 Å². The predicted octanol–water partition coefficient (Wildman–Crippen LogP) is 3.74. The number of alkyl halides is 2. The quantitative estimate of drug-likeness (QED) is 0.447. The molecule has 1 aromatic rings. The molecule has 31 heavy (non-hydrogen) atoms. The zero-order chi connectivity index (χ0) is 23.4. The number of ether oxygens (including phenoxy) is 3. The first-order chi connectivity index (χ1) is 14.3. The Kier molecular flexibility index (Phi) is 7.62. The van der Waals surface area contributed by atoms with Gasteiger partial charge in [-0.15, -0.1) is 0 Å². The maximum Gasteiger partial charge on any atom is 0.514 e. The summed E-state index contributed by atoms with van der Waals surface area (Å²) < 4.78 is 42.9. The molecule has 1 atom stereocenters. The number of hydrogen-bond acceptors (Lipinski definition) is 7. The molecule has 1 aromatic carbocycles. The van der Waals surface area contributed by atoms with Gasteiger partial charge in [0, 0.05) is 0 Å². The van der Waals surface area contributed by atoms with Crippen LogP contribution in [0.4, 0.5) is 13.6 Å². The van der Waals surface area contributed by atoms with Crippen molar-refractivity contribution >= 4 is 18.1 Å². The first kappa shape index (κ1) is 24.6. The molecule has 9 heteroatoms. The lowest BCUT2D eigenvalue weighted by atomic mass is 9.89. The highest BCUT2D eigenvalue weighted by Gasteiger charge is 2.46.